The van der Waals surface area contributed by atoms with Gasteiger partial charge in [0.15, 0.2) is 0 Å². The summed E-state index contributed by atoms with van der Waals surface area (Å²) in [5.74, 6) is -0.785. The zero-order valence-corrected chi connectivity index (χ0v) is 12.2. The number of esters is 1. The first kappa shape index (κ1) is 14.8. The average molecular weight is 274 g/mol. The number of carbonyl (C=O) groups is 1. The maximum Gasteiger partial charge on any atom is 1.00 e. The van der Waals surface area contributed by atoms with Gasteiger partial charge in [-0.25, -0.2) is 9.78 Å². The van der Waals surface area contributed by atoms with Crippen molar-refractivity contribution in [3.05, 3.63) is 51.0 Å². The zero-order valence-electron chi connectivity index (χ0n) is 10.4. The molecule has 2 aromatic rings. The molecule has 0 aliphatic carbocycles. The van der Waals surface area contributed by atoms with Crippen molar-refractivity contribution >= 4 is 23.0 Å². The topological polar surface area (TPSA) is 82.3 Å². The predicted octanol–water partition coefficient (Wildman–Crippen LogP) is -0.613. The minimum atomic E-state index is -0.700. The van der Waals surface area contributed by atoms with Crippen LogP contribution in [0.1, 0.15) is 11.2 Å². The van der Waals surface area contributed by atoms with Crippen LogP contribution in [0.3, 0.4) is 0 Å². The van der Waals surface area contributed by atoms with Crippen molar-refractivity contribution in [2.24, 2.45) is 0 Å². The van der Waals surface area contributed by atoms with E-state index in [9.17, 15) is 14.9 Å². The summed E-state index contributed by atoms with van der Waals surface area (Å²) in [4.78, 5) is 25.4. The number of rotatable bonds is 3. The van der Waals surface area contributed by atoms with Gasteiger partial charge >= 0.3 is 41.2 Å². The largest absolute Gasteiger partial charge is 1.00 e. The fourth-order valence-corrected chi connectivity index (χ4v) is 1.67. The van der Waals surface area contributed by atoms with Crippen LogP contribution in [0, 0.1) is 10.1 Å². The number of nitro groups is 1. The number of para-hydroxylation sites is 2. The van der Waals surface area contributed by atoms with Gasteiger partial charge in [-0.3, -0.25) is 10.1 Å². The second-order valence-corrected chi connectivity index (χ2v) is 3.85. The van der Waals surface area contributed by atoms with Crippen molar-refractivity contribution in [3.63, 3.8) is 0 Å². The van der Waals surface area contributed by atoms with Crippen LogP contribution >= 0.6 is 11.3 Å². The number of carbonyl (C=O) groups excluding carboxylic acids is 1. The summed E-state index contributed by atoms with van der Waals surface area (Å²) in [6.07, 6.45) is 1.46. The molecular weight excluding hydrogens is 267 g/mol. The smallest absolute Gasteiger partial charge is 1.00 e. The van der Waals surface area contributed by atoms with Crippen molar-refractivity contribution < 1.29 is 45.4 Å². The molecule has 1 heterocycles. The summed E-state index contributed by atoms with van der Waals surface area (Å²) in [5, 5.41) is 12.5. The number of hydrogen-bond donors (Lipinski definition) is 0. The Labute approximate surface area is 130 Å². The van der Waals surface area contributed by atoms with Crippen LogP contribution < -0.4 is 34.3 Å². The Morgan fingerprint density at radius 3 is 2.78 bits per heavy atom. The number of ether oxygens (including phenoxy) is 1. The van der Waals surface area contributed by atoms with Crippen molar-refractivity contribution in [1.29, 1.82) is 0 Å². The normalized spacial score (nSPS) is 9.33. The number of nitrogens with zero attached hydrogens (tertiary/aromatic N) is 2. The Morgan fingerprint density at radius 2 is 2.17 bits per heavy atom. The van der Waals surface area contributed by atoms with E-state index >= 15 is 0 Å². The molecule has 0 N–H and O–H groups in total. The van der Waals surface area contributed by atoms with E-state index in [4.69, 9.17) is 4.74 Å². The molecule has 0 unspecified atom stereocenters. The minimum Gasteiger partial charge on any atom is -1.00 e. The zero-order chi connectivity index (χ0) is 12.3. The third-order valence-corrected chi connectivity index (χ3v) is 2.62. The van der Waals surface area contributed by atoms with Crippen molar-refractivity contribution in [2.75, 3.05) is 0 Å². The molecule has 1 aromatic heterocycles. The van der Waals surface area contributed by atoms with Crippen LogP contribution in [0.25, 0.3) is 0 Å². The Kier molecular flexibility index (Phi) is 5.42. The molecule has 18 heavy (non-hydrogen) atoms. The molecule has 0 radical (unpaired) electrons. The third-order valence-electron chi connectivity index (χ3n) is 1.87. The SMILES string of the molecule is O=C(Oc1ccccc1[N+](=O)[O-])c1nccs1.[H-].[Na+]. The van der Waals surface area contributed by atoms with Crippen LogP contribution in [0.5, 0.6) is 5.75 Å². The quantitative estimate of drug-likeness (QED) is 0.245. The summed E-state index contributed by atoms with van der Waals surface area (Å²) < 4.78 is 4.92. The van der Waals surface area contributed by atoms with E-state index in [1.807, 2.05) is 0 Å². The molecule has 0 saturated carbocycles. The summed E-state index contributed by atoms with van der Waals surface area (Å²) in [5.41, 5.74) is -0.252. The summed E-state index contributed by atoms with van der Waals surface area (Å²) in [6, 6.07) is 5.68. The molecule has 8 heteroatoms. The van der Waals surface area contributed by atoms with E-state index in [-0.39, 0.29) is 47.4 Å². The second-order valence-electron chi connectivity index (χ2n) is 2.95. The van der Waals surface area contributed by atoms with Gasteiger partial charge in [-0.2, -0.15) is 0 Å². The molecule has 1 aromatic carbocycles. The van der Waals surface area contributed by atoms with Crippen LogP contribution in [0.15, 0.2) is 35.8 Å². The van der Waals surface area contributed by atoms with Gasteiger partial charge in [0.1, 0.15) is 0 Å². The van der Waals surface area contributed by atoms with Gasteiger partial charge < -0.3 is 6.16 Å². The first-order valence-corrected chi connectivity index (χ1v) is 5.41. The van der Waals surface area contributed by atoms with Gasteiger partial charge in [0, 0.05) is 17.6 Å². The molecule has 88 valence electrons. The molecule has 0 atom stereocenters. The summed E-state index contributed by atoms with van der Waals surface area (Å²) in [6.45, 7) is 0. The van der Waals surface area contributed by atoms with Gasteiger partial charge in [0.2, 0.25) is 10.8 Å². The standard InChI is InChI=1S/C10H6N2O4S.Na.H/c13-10(9-11-5-6-17-9)16-8-4-2-1-3-7(8)12(14)15;;/h1-6H;;/q;+1;-1. The number of benzene rings is 1. The van der Waals surface area contributed by atoms with Crippen molar-refractivity contribution in [1.82, 2.24) is 4.98 Å². The maximum absolute atomic E-state index is 11.6. The average Bonchev–Trinajstić information content (AvgIpc) is 2.83. The maximum atomic E-state index is 11.6. The minimum absolute atomic E-state index is 0. The van der Waals surface area contributed by atoms with E-state index in [0.29, 0.717) is 0 Å². The van der Waals surface area contributed by atoms with Crippen LogP contribution in [0.4, 0.5) is 5.69 Å². The molecule has 0 amide bonds. The van der Waals surface area contributed by atoms with E-state index in [1.54, 1.807) is 11.4 Å². The Hall–Kier alpha value is -1.28. The van der Waals surface area contributed by atoms with Crippen molar-refractivity contribution in [3.8, 4) is 5.75 Å². The Bertz CT molecular complexity index is 564. The Morgan fingerprint density at radius 1 is 1.44 bits per heavy atom. The van der Waals surface area contributed by atoms with Gasteiger partial charge in [-0.15, -0.1) is 11.3 Å². The molecule has 2 rings (SSSR count). The third kappa shape index (κ3) is 3.36. The monoisotopic (exact) mass is 274 g/mol. The van der Waals surface area contributed by atoms with Gasteiger partial charge in [0.05, 0.1) is 4.92 Å². The summed E-state index contributed by atoms with van der Waals surface area (Å²) >= 11 is 1.11. The number of hydrogen-bond acceptors (Lipinski definition) is 6. The molecule has 0 aliphatic rings. The van der Waals surface area contributed by atoms with E-state index in [2.05, 4.69) is 4.98 Å². The van der Waals surface area contributed by atoms with E-state index in [1.165, 1.54) is 24.4 Å². The second kappa shape index (κ2) is 6.60. The molecular formula is C10H7N2NaO4S. The predicted molar refractivity (Wildman–Crippen MR) is 61.3 cm³/mol. The molecule has 6 nitrogen and oxygen atoms in total. The van der Waals surface area contributed by atoms with E-state index < -0.39 is 10.9 Å². The molecule has 0 fully saturated rings. The number of aromatic nitrogens is 1. The number of nitro benzene ring substituents is 1. The first-order chi connectivity index (χ1) is 8.18. The summed E-state index contributed by atoms with van der Waals surface area (Å²) in [7, 11) is 0. The first-order valence-electron chi connectivity index (χ1n) is 4.53. The van der Waals surface area contributed by atoms with Crippen LogP contribution in [-0.2, 0) is 0 Å². The van der Waals surface area contributed by atoms with Gasteiger partial charge in [0.25, 0.3) is 0 Å². The number of thiazole rings is 1. The van der Waals surface area contributed by atoms with Crippen LogP contribution in [-0.4, -0.2) is 15.9 Å². The fourth-order valence-electron chi connectivity index (χ4n) is 1.16. The van der Waals surface area contributed by atoms with E-state index in [0.717, 1.165) is 11.3 Å². The van der Waals surface area contributed by atoms with Crippen LogP contribution in [0.2, 0.25) is 0 Å². The molecule has 0 spiro atoms. The molecule has 0 saturated heterocycles. The Balaban J connectivity index is 0.00000162. The van der Waals surface area contributed by atoms with Crippen molar-refractivity contribution in [2.45, 2.75) is 0 Å². The van der Waals surface area contributed by atoms with Gasteiger partial charge in [-0.1, -0.05) is 12.1 Å². The van der Waals surface area contributed by atoms with Gasteiger partial charge in [-0.05, 0) is 6.07 Å². The molecule has 0 bridgehead atoms. The fraction of sp³-hybridized carbons (Fsp3) is 0. The molecule has 0 aliphatic heterocycles.